The number of halogens is 1. The minimum Gasteiger partial charge on any atom is -0.320 e. The zero-order chi connectivity index (χ0) is 16.3. The highest BCUT2D eigenvalue weighted by Crippen LogP contribution is 2.20. The molecule has 0 bridgehead atoms. The number of alkyl halides is 1. The number of nitrogens with zero attached hydrogens (tertiary/aromatic N) is 1. The van der Waals surface area contributed by atoms with E-state index in [1.54, 1.807) is 0 Å². The van der Waals surface area contributed by atoms with E-state index in [1.807, 2.05) is 0 Å². The summed E-state index contributed by atoms with van der Waals surface area (Å²) in [5.41, 5.74) is 2.88. The maximum Gasteiger partial charge on any atom is 0.104 e. The van der Waals surface area contributed by atoms with Crippen molar-refractivity contribution in [2.24, 2.45) is 0 Å². The van der Waals surface area contributed by atoms with Gasteiger partial charge in [0.2, 0.25) is 0 Å². The predicted octanol–water partition coefficient (Wildman–Crippen LogP) is 6.30. The van der Waals surface area contributed by atoms with Gasteiger partial charge in [-0.2, -0.15) is 0 Å². The van der Waals surface area contributed by atoms with Crippen molar-refractivity contribution < 1.29 is 4.48 Å². The fourth-order valence-corrected chi connectivity index (χ4v) is 3.55. The van der Waals surface area contributed by atoms with Crippen molar-refractivity contribution in [2.45, 2.75) is 71.2 Å². The Labute approximate surface area is 146 Å². The van der Waals surface area contributed by atoms with E-state index in [0.717, 1.165) is 5.33 Å². The third-order valence-corrected chi connectivity index (χ3v) is 5.30. The van der Waals surface area contributed by atoms with Gasteiger partial charge in [0, 0.05) is 10.9 Å². The van der Waals surface area contributed by atoms with Crippen LogP contribution in [0.25, 0.3) is 0 Å². The second kappa shape index (κ2) is 11.2. The Bertz CT molecular complexity index is 363. The van der Waals surface area contributed by atoms with E-state index < -0.39 is 0 Å². The third kappa shape index (κ3) is 6.83. The highest BCUT2D eigenvalue weighted by atomic mass is 79.9. The van der Waals surface area contributed by atoms with Crippen molar-refractivity contribution in [2.75, 3.05) is 19.6 Å². The molecule has 0 saturated carbocycles. The van der Waals surface area contributed by atoms with E-state index in [9.17, 15) is 0 Å². The Morgan fingerprint density at radius 2 is 1.14 bits per heavy atom. The lowest BCUT2D eigenvalue weighted by atomic mass is 10.1. The van der Waals surface area contributed by atoms with Gasteiger partial charge in [0.15, 0.2) is 0 Å². The summed E-state index contributed by atoms with van der Waals surface area (Å²) >= 11 is 3.54. The Kier molecular flexibility index (Phi) is 10.1. The molecule has 0 unspecified atom stereocenters. The predicted molar refractivity (Wildman–Crippen MR) is 102 cm³/mol. The van der Waals surface area contributed by atoms with Gasteiger partial charge in [-0.05, 0) is 24.8 Å². The minimum absolute atomic E-state index is 0.953. The van der Waals surface area contributed by atoms with Gasteiger partial charge in [0.25, 0.3) is 0 Å². The summed E-state index contributed by atoms with van der Waals surface area (Å²) in [6.07, 6.45) is 7.98. The molecule has 22 heavy (non-hydrogen) atoms. The Balaban J connectivity index is 2.87. The quantitative estimate of drug-likeness (QED) is 0.300. The number of benzene rings is 1. The van der Waals surface area contributed by atoms with Gasteiger partial charge in [-0.3, -0.25) is 0 Å². The molecule has 0 atom stereocenters. The van der Waals surface area contributed by atoms with Crippen LogP contribution < -0.4 is 0 Å². The van der Waals surface area contributed by atoms with Gasteiger partial charge in [-0.1, -0.05) is 80.2 Å². The Morgan fingerprint density at radius 1 is 0.727 bits per heavy atom. The van der Waals surface area contributed by atoms with Crippen LogP contribution in [0.4, 0.5) is 0 Å². The molecule has 1 nitrogen and oxygen atoms in total. The second-order valence-electron chi connectivity index (χ2n) is 6.68. The summed E-state index contributed by atoms with van der Waals surface area (Å²) < 4.78 is 1.29. The summed E-state index contributed by atoms with van der Waals surface area (Å²) in [5.74, 6) is 0. The van der Waals surface area contributed by atoms with Crippen LogP contribution in [0.2, 0.25) is 0 Å². The van der Waals surface area contributed by atoms with Crippen LogP contribution in [0.1, 0.15) is 70.4 Å². The fraction of sp³-hybridized carbons (Fsp3) is 0.700. The molecule has 0 aliphatic heterocycles. The van der Waals surface area contributed by atoms with E-state index >= 15 is 0 Å². The zero-order valence-electron chi connectivity index (χ0n) is 14.9. The maximum atomic E-state index is 3.54. The lowest BCUT2D eigenvalue weighted by molar-refractivity contribution is -0.941. The van der Waals surface area contributed by atoms with Crippen LogP contribution in [0, 0.1) is 0 Å². The zero-order valence-corrected chi connectivity index (χ0v) is 16.5. The molecule has 1 rings (SSSR count). The van der Waals surface area contributed by atoms with Gasteiger partial charge in [0.1, 0.15) is 6.54 Å². The third-order valence-electron chi connectivity index (χ3n) is 4.65. The van der Waals surface area contributed by atoms with Crippen molar-refractivity contribution in [3.63, 3.8) is 0 Å². The second-order valence-corrected chi connectivity index (χ2v) is 7.24. The van der Waals surface area contributed by atoms with Gasteiger partial charge >= 0.3 is 0 Å². The molecular formula is C20H35BrN+. The number of unbranched alkanes of at least 4 members (excludes halogenated alkanes) is 3. The van der Waals surface area contributed by atoms with Crippen LogP contribution in [0.5, 0.6) is 0 Å². The standard InChI is InChI=1S/C20H35BrN/c1-4-7-14-22(15-8-5-2,16-9-6-3)18-20-12-10-19(17-21)11-13-20/h10-13H,4-9,14-18H2,1-3H3/q+1. The van der Waals surface area contributed by atoms with E-state index in [1.165, 1.54) is 80.3 Å². The molecule has 0 N–H and O–H groups in total. The smallest absolute Gasteiger partial charge is 0.104 e. The number of quaternary nitrogens is 1. The van der Waals surface area contributed by atoms with Crippen LogP contribution in [0.15, 0.2) is 24.3 Å². The lowest BCUT2D eigenvalue weighted by Gasteiger charge is -2.39. The topological polar surface area (TPSA) is 0 Å². The van der Waals surface area contributed by atoms with Gasteiger partial charge < -0.3 is 4.48 Å². The Morgan fingerprint density at radius 3 is 1.50 bits per heavy atom. The van der Waals surface area contributed by atoms with Crippen molar-refractivity contribution in [1.82, 2.24) is 0 Å². The van der Waals surface area contributed by atoms with Crippen molar-refractivity contribution >= 4 is 15.9 Å². The molecule has 0 heterocycles. The van der Waals surface area contributed by atoms with E-state index in [2.05, 4.69) is 61.0 Å². The summed E-state index contributed by atoms with van der Waals surface area (Å²) in [4.78, 5) is 0. The average molecular weight is 369 g/mol. The summed E-state index contributed by atoms with van der Waals surface area (Å²) in [5, 5.41) is 0.953. The van der Waals surface area contributed by atoms with E-state index in [-0.39, 0.29) is 0 Å². The first-order chi connectivity index (χ1) is 10.7. The van der Waals surface area contributed by atoms with Crippen LogP contribution in [-0.2, 0) is 11.9 Å². The Hall–Kier alpha value is -0.340. The number of hydrogen-bond donors (Lipinski definition) is 0. The van der Waals surface area contributed by atoms with Crippen molar-refractivity contribution in [3.8, 4) is 0 Å². The molecule has 0 aliphatic carbocycles. The van der Waals surface area contributed by atoms with Crippen LogP contribution in [-0.4, -0.2) is 24.1 Å². The van der Waals surface area contributed by atoms with E-state index in [4.69, 9.17) is 0 Å². The van der Waals surface area contributed by atoms with Crippen molar-refractivity contribution in [3.05, 3.63) is 35.4 Å². The molecule has 0 aromatic heterocycles. The molecule has 0 spiro atoms. The molecule has 0 radical (unpaired) electrons. The monoisotopic (exact) mass is 368 g/mol. The highest BCUT2D eigenvalue weighted by molar-refractivity contribution is 9.08. The summed E-state index contributed by atoms with van der Waals surface area (Å²) in [6.45, 7) is 12.2. The van der Waals surface area contributed by atoms with Gasteiger partial charge in [-0.25, -0.2) is 0 Å². The highest BCUT2D eigenvalue weighted by Gasteiger charge is 2.26. The molecule has 0 saturated heterocycles. The van der Waals surface area contributed by atoms with Gasteiger partial charge in [-0.15, -0.1) is 0 Å². The lowest BCUT2D eigenvalue weighted by Crippen LogP contribution is -2.49. The molecule has 0 aliphatic rings. The number of hydrogen-bond acceptors (Lipinski definition) is 0. The molecule has 0 amide bonds. The minimum atomic E-state index is 0.953. The van der Waals surface area contributed by atoms with Gasteiger partial charge in [0.05, 0.1) is 19.6 Å². The SMILES string of the molecule is CCCC[N+](CCCC)(CCCC)Cc1ccc(CBr)cc1. The first kappa shape index (κ1) is 19.7. The maximum absolute atomic E-state index is 3.54. The molecule has 0 fully saturated rings. The molecule has 1 aromatic carbocycles. The fourth-order valence-electron chi connectivity index (χ4n) is 3.17. The molecular weight excluding hydrogens is 334 g/mol. The van der Waals surface area contributed by atoms with Crippen molar-refractivity contribution in [1.29, 1.82) is 0 Å². The summed E-state index contributed by atoms with van der Waals surface area (Å²) in [6, 6.07) is 9.23. The summed E-state index contributed by atoms with van der Waals surface area (Å²) in [7, 11) is 0. The van der Waals surface area contributed by atoms with E-state index in [0.29, 0.717) is 0 Å². The first-order valence-electron chi connectivity index (χ1n) is 9.18. The average Bonchev–Trinajstić information content (AvgIpc) is 2.56. The van der Waals surface area contributed by atoms with Crippen LogP contribution >= 0.6 is 15.9 Å². The molecule has 1 aromatic rings. The van der Waals surface area contributed by atoms with Crippen LogP contribution in [0.3, 0.4) is 0 Å². The molecule has 126 valence electrons. The first-order valence-corrected chi connectivity index (χ1v) is 10.3. The molecule has 2 heteroatoms. The largest absolute Gasteiger partial charge is 0.320 e. The number of rotatable bonds is 12. The normalized spacial score (nSPS) is 11.8.